The summed E-state index contributed by atoms with van der Waals surface area (Å²) in [5.41, 5.74) is 3.11. The van der Waals surface area contributed by atoms with Gasteiger partial charge in [0, 0.05) is 10.5 Å². The van der Waals surface area contributed by atoms with Crippen LogP contribution in [0.1, 0.15) is 21.5 Å². The lowest BCUT2D eigenvalue weighted by atomic mass is 10.1. The molecule has 2 aromatic carbocycles. The highest BCUT2D eigenvalue weighted by molar-refractivity contribution is 8.04. The molecule has 0 saturated heterocycles. The molecule has 0 atom stereocenters. The summed E-state index contributed by atoms with van der Waals surface area (Å²) in [6.45, 7) is 2.06. The highest BCUT2D eigenvalue weighted by Crippen LogP contribution is 2.40. The van der Waals surface area contributed by atoms with E-state index in [4.69, 9.17) is 0 Å². The summed E-state index contributed by atoms with van der Waals surface area (Å²) in [4.78, 5) is 14.1. The molecule has 0 aromatic heterocycles. The van der Waals surface area contributed by atoms with Gasteiger partial charge >= 0.3 is 0 Å². The van der Waals surface area contributed by atoms with Crippen LogP contribution in [0, 0.1) is 6.92 Å². The highest BCUT2D eigenvalue weighted by atomic mass is 32.2. The molecular weight excluding hydrogens is 240 g/mol. The number of carbonyl (C=O) groups excluding carboxylic acids is 1. The third kappa shape index (κ3) is 2.00. The van der Waals surface area contributed by atoms with Gasteiger partial charge in [0.2, 0.25) is 5.78 Å². The molecular formula is C16H12OS. The Kier molecular flexibility index (Phi) is 2.80. The van der Waals surface area contributed by atoms with E-state index < -0.39 is 0 Å². The number of ketones is 1. The van der Waals surface area contributed by atoms with Crippen LogP contribution < -0.4 is 0 Å². The molecule has 0 amide bonds. The van der Waals surface area contributed by atoms with Crippen molar-refractivity contribution in [2.75, 3.05) is 0 Å². The maximum absolute atomic E-state index is 12.2. The number of Topliss-reactive ketones (excluding diaryl/α,β-unsaturated/α-hetero) is 1. The number of allylic oxidation sites excluding steroid dienone is 1. The Morgan fingerprint density at radius 2 is 1.89 bits per heavy atom. The second kappa shape index (κ2) is 4.46. The molecule has 1 aliphatic heterocycles. The van der Waals surface area contributed by atoms with E-state index >= 15 is 0 Å². The average molecular weight is 252 g/mol. The van der Waals surface area contributed by atoms with Crippen LogP contribution in [0.15, 0.2) is 58.3 Å². The molecule has 2 aromatic rings. The fourth-order valence-electron chi connectivity index (χ4n) is 2.05. The van der Waals surface area contributed by atoms with Gasteiger partial charge in [-0.15, -0.1) is 0 Å². The Labute approximate surface area is 111 Å². The van der Waals surface area contributed by atoms with E-state index in [0.29, 0.717) is 0 Å². The topological polar surface area (TPSA) is 17.1 Å². The molecule has 3 rings (SSSR count). The number of hydrogen-bond acceptors (Lipinski definition) is 2. The molecule has 0 spiro atoms. The molecule has 0 fully saturated rings. The number of hydrogen-bond donors (Lipinski definition) is 0. The van der Waals surface area contributed by atoms with Gasteiger partial charge in [0.1, 0.15) is 0 Å². The fraction of sp³-hybridized carbons (Fsp3) is 0.0625. The van der Waals surface area contributed by atoms with Crippen LogP contribution in [0.25, 0.3) is 6.08 Å². The minimum atomic E-state index is 0.136. The SMILES string of the molecule is Cc1cccc(/C=C2/Sc3ccccc3C2=O)c1. The third-order valence-electron chi connectivity index (χ3n) is 2.92. The van der Waals surface area contributed by atoms with Crippen molar-refractivity contribution in [3.05, 3.63) is 70.1 Å². The first kappa shape index (κ1) is 11.3. The van der Waals surface area contributed by atoms with Gasteiger partial charge in [0.25, 0.3) is 0 Å². The first-order valence-corrected chi connectivity index (χ1v) is 6.65. The summed E-state index contributed by atoms with van der Waals surface area (Å²) >= 11 is 1.56. The number of carbonyl (C=O) groups is 1. The number of rotatable bonds is 1. The minimum Gasteiger partial charge on any atom is -0.288 e. The zero-order chi connectivity index (χ0) is 12.5. The van der Waals surface area contributed by atoms with Gasteiger partial charge in [-0.2, -0.15) is 0 Å². The lowest BCUT2D eigenvalue weighted by molar-refractivity contribution is 0.104. The first-order chi connectivity index (χ1) is 8.74. The fourth-order valence-corrected chi connectivity index (χ4v) is 3.10. The Bertz CT molecular complexity index is 656. The van der Waals surface area contributed by atoms with Crippen LogP contribution in [0.2, 0.25) is 0 Å². The Balaban J connectivity index is 1.99. The van der Waals surface area contributed by atoms with E-state index in [2.05, 4.69) is 19.1 Å². The molecule has 1 heterocycles. The maximum atomic E-state index is 12.2. The van der Waals surface area contributed by atoms with Crippen LogP contribution in [-0.2, 0) is 0 Å². The van der Waals surface area contributed by atoms with Crippen molar-refractivity contribution in [2.24, 2.45) is 0 Å². The monoisotopic (exact) mass is 252 g/mol. The van der Waals surface area contributed by atoms with E-state index in [-0.39, 0.29) is 5.78 Å². The molecule has 0 radical (unpaired) electrons. The lowest BCUT2D eigenvalue weighted by Gasteiger charge is -1.97. The summed E-state index contributed by atoms with van der Waals surface area (Å²) in [7, 11) is 0. The van der Waals surface area contributed by atoms with Gasteiger partial charge < -0.3 is 0 Å². The van der Waals surface area contributed by atoms with Crippen LogP contribution in [0.4, 0.5) is 0 Å². The number of benzene rings is 2. The summed E-state index contributed by atoms with van der Waals surface area (Å²) in [5.74, 6) is 0.136. The zero-order valence-corrected chi connectivity index (χ0v) is 10.8. The van der Waals surface area contributed by atoms with Gasteiger partial charge in [-0.3, -0.25) is 4.79 Å². The molecule has 0 N–H and O–H groups in total. The molecule has 0 saturated carbocycles. The highest BCUT2D eigenvalue weighted by Gasteiger charge is 2.24. The smallest absolute Gasteiger partial charge is 0.200 e. The van der Waals surface area contributed by atoms with Crippen molar-refractivity contribution in [1.82, 2.24) is 0 Å². The molecule has 0 aliphatic carbocycles. The minimum absolute atomic E-state index is 0.136. The van der Waals surface area contributed by atoms with Gasteiger partial charge in [-0.25, -0.2) is 0 Å². The number of fused-ring (bicyclic) bond motifs is 1. The molecule has 88 valence electrons. The van der Waals surface area contributed by atoms with E-state index in [0.717, 1.165) is 20.9 Å². The Morgan fingerprint density at radius 1 is 1.06 bits per heavy atom. The van der Waals surface area contributed by atoms with Crippen LogP contribution in [0.3, 0.4) is 0 Å². The van der Waals surface area contributed by atoms with E-state index in [1.54, 1.807) is 11.8 Å². The molecule has 18 heavy (non-hydrogen) atoms. The quantitative estimate of drug-likeness (QED) is 0.703. The van der Waals surface area contributed by atoms with E-state index in [9.17, 15) is 4.79 Å². The van der Waals surface area contributed by atoms with E-state index in [1.165, 1.54) is 5.56 Å². The largest absolute Gasteiger partial charge is 0.288 e. The van der Waals surface area contributed by atoms with Crippen molar-refractivity contribution in [2.45, 2.75) is 11.8 Å². The number of thioether (sulfide) groups is 1. The van der Waals surface area contributed by atoms with Crippen molar-refractivity contribution < 1.29 is 4.79 Å². The zero-order valence-electron chi connectivity index (χ0n) is 10.0. The van der Waals surface area contributed by atoms with Crippen LogP contribution in [-0.4, -0.2) is 5.78 Å². The summed E-state index contributed by atoms with van der Waals surface area (Å²) in [6.07, 6.45) is 1.97. The summed E-state index contributed by atoms with van der Waals surface area (Å²) in [5, 5.41) is 0. The summed E-state index contributed by atoms with van der Waals surface area (Å²) in [6, 6.07) is 15.9. The lowest BCUT2D eigenvalue weighted by Crippen LogP contribution is -1.93. The van der Waals surface area contributed by atoms with Crippen LogP contribution >= 0.6 is 11.8 Å². The van der Waals surface area contributed by atoms with Gasteiger partial charge in [-0.05, 0) is 30.7 Å². The maximum Gasteiger partial charge on any atom is 0.200 e. The second-order valence-corrected chi connectivity index (χ2v) is 5.43. The van der Waals surface area contributed by atoms with E-state index in [1.807, 2.05) is 42.5 Å². The first-order valence-electron chi connectivity index (χ1n) is 5.84. The van der Waals surface area contributed by atoms with Crippen molar-refractivity contribution >= 4 is 23.6 Å². The molecule has 2 heteroatoms. The van der Waals surface area contributed by atoms with Gasteiger partial charge in [0.05, 0.1) is 4.91 Å². The standard InChI is InChI=1S/C16H12OS/c1-11-5-4-6-12(9-11)10-15-16(17)13-7-2-3-8-14(13)18-15/h2-10H,1H3/b15-10+. The predicted molar refractivity (Wildman–Crippen MR) is 75.8 cm³/mol. The van der Waals surface area contributed by atoms with Crippen molar-refractivity contribution in [1.29, 1.82) is 0 Å². The molecule has 1 nitrogen and oxygen atoms in total. The molecule has 0 unspecified atom stereocenters. The third-order valence-corrected chi connectivity index (χ3v) is 4.01. The Morgan fingerprint density at radius 3 is 2.67 bits per heavy atom. The summed E-state index contributed by atoms with van der Waals surface area (Å²) < 4.78 is 0. The molecule has 1 aliphatic rings. The van der Waals surface area contributed by atoms with Gasteiger partial charge in [0.15, 0.2) is 0 Å². The van der Waals surface area contributed by atoms with Crippen LogP contribution in [0.5, 0.6) is 0 Å². The number of aryl methyl sites for hydroxylation is 1. The van der Waals surface area contributed by atoms with Crippen molar-refractivity contribution in [3.63, 3.8) is 0 Å². The van der Waals surface area contributed by atoms with Crippen molar-refractivity contribution in [3.8, 4) is 0 Å². The average Bonchev–Trinajstić information content (AvgIpc) is 2.67. The second-order valence-electron chi connectivity index (χ2n) is 4.35. The predicted octanol–water partition coefficient (Wildman–Crippen LogP) is 4.32. The van der Waals surface area contributed by atoms with Gasteiger partial charge in [-0.1, -0.05) is 53.7 Å². The molecule has 0 bridgehead atoms. The Hall–Kier alpha value is -1.80. The normalized spacial score (nSPS) is 16.1.